The monoisotopic (exact) mass is 459 g/mol. The summed E-state index contributed by atoms with van der Waals surface area (Å²) in [4.78, 5) is 8.06. The number of nitrogens with zero attached hydrogens (tertiary/aromatic N) is 2. The van der Waals surface area contributed by atoms with Crippen LogP contribution in [0.3, 0.4) is 0 Å². The number of thiocarbonyl (C=S) groups is 1. The number of nitrogens with one attached hydrogen (secondary N) is 1. The molecule has 4 nitrogen and oxygen atoms in total. The van der Waals surface area contributed by atoms with Crippen LogP contribution in [0, 0.1) is 0 Å². The average molecular weight is 460 g/mol. The number of halogens is 1. The first-order chi connectivity index (χ1) is 13.2. The summed E-state index contributed by atoms with van der Waals surface area (Å²) in [5.74, 6) is 0.853. The third kappa shape index (κ3) is 3.85. The molecule has 7 heteroatoms. The normalized spacial score (nSPS) is 19.2. The van der Waals surface area contributed by atoms with Gasteiger partial charge >= 0.3 is 0 Å². The van der Waals surface area contributed by atoms with E-state index < -0.39 is 0 Å². The van der Waals surface area contributed by atoms with Crippen LogP contribution in [0.1, 0.15) is 28.2 Å². The fourth-order valence-corrected chi connectivity index (χ4v) is 5.18. The second-order valence-electron chi connectivity index (χ2n) is 6.24. The van der Waals surface area contributed by atoms with E-state index in [4.69, 9.17) is 17.0 Å². The maximum atomic E-state index is 5.70. The Hall–Kier alpha value is -1.96. The van der Waals surface area contributed by atoms with E-state index in [1.54, 1.807) is 18.4 Å². The molecule has 3 heterocycles. The number of pyridine rings is 1. The van der Waals surface area contributed by atoms with Crippen molar-refractivity contribution in [1.29, 1.82) is 0 Å². The molecule has 3 aromatic rings. The van der Waals surface area contributed by atoms with Crippen molar-refractivity contribution in [3.05, 3.63) is 80.7 Å². The van der Waals surface area contributed by atoms with Crippen LogP contribution in [-0.4, -0.2) is 22.1 Å². The van der Waals surface area contributed by atoms with Crippen LogP contribution in [0.15, 0.2) is 64.6 Å². The Morgan fingerprint density at radius 2 is 2.00 bits per heavy atom. The Kier molecular flexibility index (Phi) is 5.43. The molecule has 0 aliphatic carbocycles. The molecule has 1 N–H and O–H groups in total. The minimum absolute atomic E-state index is 0.0162. The second kappa shape index (κ2) is 7.96. The first-order valence-corrected chi connectivity index (χ1v) is 10.5. The van der Waals surface area contributed by atoms with E-state index in [1.807, 2.05) is 36.5 Å². The maximum Gasteiger partial charge on any atom is 0.170 e. The summed E-state index contributed by atoms with van der Waals surface area (Å²) in [6.45, 7) is 0.722. The quantitative estimate of drug-likeness (QED) is 0.537. The standard InChI is InChI=1S/C20H18BrN3OS2/c1-25-14-7-5-13(6-8-14)12-24-19(16-9-10-17(21)27-16)18(23-20(24)26)15-4-2-3-11-22-15/h2-11,18-19H,12H2,1H3,(H,23,26)/t18-,19+/m1/s1. The lowest BCUT2D eigenvalue weighted by atomic mass is 10.0. The molecule has 1 aromatic carbocycles. The van der Waals surface area contributed by atoms with E-state index in [0.29, 0.717) is 0 Å². The van der Waals surface area contributed by atoms with Gasteiger partial charge in [-0.1, -0.05) is 18.2 Å². The van der Waals surface area contributed by atoms with Gasteiger partial charge in [-0.3, -0.25) is 4.98 Å². The Balaban J connectivity index is 1.68. The summed E-state index contributed by atoms with van der Waals surface area (Å²) < 4.78 is 6.38. The lowest BCUT2D eigenvalue weighted by Crippen LogP contribution is -2.28. The van der Waals surface area contributed by atoms with Gasteiger partial charge in [0.05, 0.1) is 28.7 Å². The number of thiophene rings is 1. The van der Waals surface area contributed by atoms with Gasteiger partial charge in [0.2, 0.25) is 0 Å². The van der Waals surface area contributed by atoms with Crippen LogP contribution in [-0.2, 0) is 6.54 Å². The fraction of sp³-hybridized carbons (Fsp3) is 0.200. The molecule has 138 valence electrons. The summed E-state index contributed by atoms with van der Waals surface area (Å²) >= 11 is 11.0. The van der Waals surface area contributed by atoms with E-state index in [2.05, 4.69) is 55.4 Å². The number of hydrogen-bond donors (Lipinski definition) is 1. The predicted molar refractivity (Wildman–Crippen MR) is 116 cm³/mol. The summed E-state index contributed by atoms with van der Waals surface area (Å²) in [5.41, 5.74) is 2.17. The van der Waals surface area contributed by atoms with Gasteiger partial charge in [0.1, 0.15) is 5.75 Å². The second-order valence-corrected chi connectivity index (χ2v) is 9.13. The van der Waals surface area contributed by atoms with Crippen molar-refractivity contribution in [2.45, 2.75) is 18.6 Å². The predicted octanol–water partition coefficient (Wildman–Crippen LogP) is 5.09. The molecule has 0 saturated carbocycles. The van der Waals surface area contributed by atoms with Crippen molar-refractivity contribution in [3.63, 3.8) is 0 Å². The molecule has 0 amide bonds. The van der Waals surface area contributed by atoms with Gasteiger partial charge in [-0.2, -0.15) is 0 Å². The van der Waals surface area contributed by atoms with Gasteiger partial charge in [0.25, 0.3) is 0 Å². The van der Waals surface area contributed by atoms with Crippen LogP contribution in [0.25, 0.3) is 0 Å². The zero-order valence-electron chi connectivity index (χ0n) is 14.6. The molecule has 0 radical (unpaired) electrons. The number of rotatable bonds is 5. The van der Waals surface area contributed by atoms with Crippen molar-refractivity contribution in [3.8, 4) is 5.75 Å². The van der Waals surface area contributed by atoms with Crippen LogP contribution in [0.2, 0.25) is 0 Å². The highest BCUT2D eigenvalue weighted by atomic mass is 79.9. The minimum Gasteiger partial charge on any atom is -0.497 e. The molecule has 1 saturated heterocycles. The molecule has 1 fully saturated rings. The van der Waals surface area contributed by atoms with E-state index >= 15 is 0 Å². The topological polar surface area (TPSA) is 37.4 Å². The Labute approximate surface area is 176 Å². The molecule has 0 unspecified atom stereocenters. The highest BCUT2D eigenvalue weighted by Gasteiger charge is 2.40. The third-order valence-corrected chi connectivity index (χ3v) is 6.64. The van der Waals surface area contributed by atoms with Crippen LogP contribution >= 0.6 is 39.5 Å². The van der Waals surface area contributed by atoms with E-state index in [0.717, 1.165) is 26.9 Å². The van der Waals surface area contributed by atoms with Gasteiger partial charge in [-0.05, 0) is 70.1 Å². The lowest BCUT2D eigenvalue weighted by Gasteiger charge is -2.27. The SMILES string of the molecule is COc1ccc(CN2C(=S)N[C@H](c3ccccn3)[C@@H]2c2ccc(Br)s2)cc1. The van der Waals surface area contributed by atoms with Crippen molar-refractivity contribution in [2.75, 3.05) is 7.11 Å². The number of aromatic nitrogens is 1. The molecule has 2 aromatic heterocycles. The highest BCUT2D eigenvalue weighted by molar-refractivity contribution is 9.11. The fourth-order valence-electron chi connectivity index (χ4n) is 3.30. The molecule has 4 rings (SSSR count). The molecular weight excluding hydrogens is 442 g/mol. The van der Waals surface area contributed by atoms with E-state index in [1.165, 1.54) is 10.4 Å². The molecule has 0 spiro atoms. The zero-order chi connectivity index (χ0) is 18.8. The summed E-state index contributed by atoms with van der Waals surface area (Å²) in [7, 11) is 1.68. The van der Waals surface area contributed by atoms with Crippen molar-refractivity contribution < 1.29 is 4.74 Å². The molecule has 1 aliphatic rings. The van der Waals surface area contributed by atoms with E-state index in [9.17, 15) is 0 Å². The largest absolute Gasteiger partial charge is 0.497 e. The van der Waals surface area contributed by atoms with Crippen LogP contribution in [0.5, 0.6) is 5.75 Å². The Bertz CT molecular complexity index is 930. The molecule has 1 aliphatic heterocycles. The van der Waals surface area contributed by atoms with Gasteiger partial charge in [0, 0.05) is 17.6 Å². The van der Waals surface area contributed by atoms with Crippen molar-refractivity contribution >= 4 is 44.6 Å². The summed E-state index contributed by atoms with van der Waals surface area (Å²) in [6, 6.07) is 18.5. The number of hydrogen-bond acceptors (Lipinski definition) is 4. The first kappa shape index (κ1) is 18.4. The maximum absolute atomic E-state index is 5.70. The van der Waals surface area contributed by atoms with Gasteiger partial charge in [-0.25, -0.2) is 0 Å². The highest BCUT2D eigenvalue weighted by Crippen LogP contribution is 2.42. The average Bonchev–Trinajstić information content (AvgIpc) is 3.26. The smallest absolute Gasteiger partial charge is 0.170 e. The third-order valence-electron chi connectivity index (χ3n) is 4.60. The molecule has 2 atom stereocenters. The molecular formula is C20H18BrN3OS2. The molecule has 0 bridgehead atoms. The van der Waals surface area contributed by atoms with Gasteiger partial charge in [-0.15, -0.1) is 11.3 Å². The Morgan fingerprint density at radius 1 is 1.19 bits per heavy atom. The zero-order valence-corrected chi connectivity index (χ0v) is 17.9. The summed E-state index contributed by atoms with van der Waals surface area (Å²) in [6.07, 6.45) is 1.83. The summed E-state index contributed by atoms with van der Waals surface area (Å²) in [5, 5.41) is 4.23. The van der Waals surface area contributed by atoms with Crippen LogP contribution < -0.4 is 10.1 Å². The van der Waals surface area contributed by atoms with Crippen molar-refractivity contribution in [2.24, 2.45) is 0 Å². The lowest BCUT2D eigenvalue weighted by molar-refractivity contribution is 0.315. The minimum atomic E-state index is 0.0162. The Morgan fingerprint density at radius 3 is 2.63 bits per heavy atom. The number of ether oxygens (including phenoxy) is 1. The molecule has 27 heavy (non-hydrogen) atoms. The first-order valence-electron chi connectivity index (χ1n) is 8.52. The van der Waals surface area contributed by atoms with Crippen molar-refractivity contribution in [1.82, 2.24) is 15.2 Å². The number of methoxy groups -OCH3 is 1. The van der Waals surface area contributed by atoms with Crippen LogP contribution in [0.4, 0.5) is 0 Å². The number of benzene rings is 1. The van der Waals surface area contributed by atoms with Gasteiger partial charge in [0.15, 0.2) is 5.11 Å². The van der Waals surface area contributed by atoms with E-state index in [-0.39, 0.29) is 12.1 Å². The van der Waals surface area contributed by atoms with Gasteiger partial charge < -0.3 is 15.0 Å².